The van der Waals surface area contributed by atoms with Crippen LogP contribution in [0.15, 0.2) is 77.6 Å². The number of fused-ring (bicyclic) bond motifs is 1. The lowest BCUT2D eigenvalue weighted by atomic mass is 10.1. The van der Waals surface area contributed by atoms with Crippen LogP contribution < -0.4 is 11.3 Å². The van der Waals surface area contributed by atoms with E-state index in [1.54, 1.807) is 4.57 Å². The highest BCUT2D eigenvalue weighted by molar-refractivity contribution is 5.81. The van der Waals surface area contributed by atoms with Gasteiger partial charge in [-0.25, -0.2) is 4.98 Å². The highest BCUT2D eigenvalue weighted by atomic mass is 16.1. The van der Waals surface area contributed by atoms with Gasteiger partial charge in [0.2, 0.25) is 0 Å². The first-order chi connectivity index (χ1) is 12.6. The molecular weight excluding hydrogens is 322 g/mol. The van der Waals surface area contributed by atoms with Gasteiger partial charge in [0.1, 0.15) is 5.69 Å². The molecule has 0 spiro atoms. The zero-order valence-corrected chi connectivity index (χ0v) is 14.5. The number of aromatic nitrogens is 2. The molecule has 0 unspecified atom stereocenters. The van der Waals surface area contributed by atoms with E-state index >= 15 is 0 Å². The summed E-state index contributed by atoms with van der Waals surface area (Å²) in [6.45, 7) is 2.47. The fraction of sp³-hybridized carbons (Fsp3) is 0.0909. The first kappa shape index (κ1) is 16.1. The molecule has 1 heterocycles. The van der Waals surface area contributed by atoms with Crippen molar-refractivity contribution >= 4 is 16.7 Å². The van der Waals surface area contributed by atoms with E-state index in [9.17, 15) is 4.79 Å². The minimum atomic E-state index is -0.134. The number of rotatable bonds is 3. The number of anilines is 1. The molecule has 0 aliphatic carbocycles. The highest BCUT2D eigenvalue weighted by Crippen LogP contribution is 2.25. The highest BCUT2D eigenvalue weighted by Gasteiger charge is 2.15. The largest absolute Gasteiger partial charge is 0.398 e. The van der Waals surface area contributed by atoms with E-state index in [-0.39, 0.29) is 5.56 Å². The quantitative estimate of drug-likeness (QED) is 0.573. The van der Waals surface area contributed by atoms with E-state index in [1.807, 2.05) is 79.7 Å². The Hall–Kier alpha value is -3.40. The Kier molecular flexibility index (Phi) is 4.01. The molecule has 0 atom stereocenters. The Balaban J connectivity index is 2.00. The smallest absolute Gasteiger partial charge is 0.277 e. The maximum atomic E-state index is 13.3. The van der Waals surface area contributed by atoms with Crippen molar-refractivity contribution in [1.29, 1.82) is 0 Å². The molecule has 0 aliphatic heterocycles. The maximum Gasteiger partial charge on any atom is 0.277 e. The second kappa shape index (κ2) is 6.48. The predicted octanol–water partition coefficient (Wildman–Crippen LogP) is 4.00. The average Bonchev–Trinajstić information content (AvgIpc) is 2.67. The van der Waals surface area contributed by atoms with E-state index in [0.717, 1.165) is 22.2 Å². The van der Waals surface area contributed by atoms with E-state index in [1.165, 1.54) is 0 Å². The third-order valence-electron chi connectivity index (χ3n) is 4.50. The summed E-state index contributed by atoms with van der Waals surface area (Å²) in [6.07, 6.45) is 0. The number of hydrogen-bond acceptors (Lipinski definition) is 3. The van der Waals surface area contributed by atoms with Crippen LogP contribution in [0.5, 0.6) is 0 Å². The van der Waals surface area contributed by atoms with E-state index in [2.05, 4.69) is 4.98 Å². The van der Waals surface area contributed by atoms with Crippen molar-refractivity contribution in [3.8, 4) is 11.3 Å². The van der Waals surface area contributed by atoms with Crippen LogP contribution in [0.4, 0.5) is 5.69 Å². The van der Waals surface area contributed by atoms with Gasteiger partial charge in [-0.15, -0.1) is 0 Å². The first-order valence-electron chi connectivity index (χ1n) is 8.53. The number of nitrogen functional groups attached to an aromatic ring is 1. The number of benzene rings is 3. The molecule has 4 aromatic rings. The molecule has 4 rings (SSSR count). The summed E-state index contributed by atoms with van der Waals surface area (Å²) in [4.78, 5) is 17.9. The number of nitrogens with two attached hydrogens (primary N) is 1. The molecular formula is C22H19N3O. The molecule has 0 saturated carbocycles. The van der Waals surface area contributed by atoms with Crippen LogP contribution in [0.1, 0.15) is 11.1 Å². The molecule has 2 N–H and O–H groups in total. The lowest BCUT2D eigenvalue weighted by Crippen LogP contribution is -2.24. The molecule has 4 heteroatoms. The lowest BCUT2D eigenvalue weighted by molar-refractivity contribution is 0.789. The lowest BCUT2D eigenvalue weighted by Gasteiger charge is -2.14. The van der Waals surface area contributed by atoms with Gasteiger partial charge in [-0.3, -0.25) is 4.79 Å². The normalized spacial score (nSPS) is 11.0. The number of aryl methyl sites for hydroxylation is 1. The Morgan fingerprint density at radius 2 is 1.69 bits per heavy atom. The van der Waals surface area contributed by atoms with Gasteiger partial charge < -0.3 is 10.3 Å². The summed E-state index contributed by atoms with van der Waals surface area (Å²) in [5, 5.41) is 0. The maximum absolute atomic E-state index is 13.3. The molecule has 3 aromatic carbocycles. The Labute approximate surface area is 151 Å². The Morgan fingerprint density at radius 3 is 2.50 bits per heavy atom. The predicted molar refractivity (Wildman–Crippen MR) is 106 cm³/mol. The first-order valence-corrected chi connectivity index (χ1v) is 8.53. The Bertz CT molecular complexity index is 1150. The van der Waals surface area contributed by atoms with E-state index in [0.29, 0.717) is 23.5 Å². The standard InChI is InChI=1S/C22H19N3O/c1-15-11-12-18(23)17(13-15)21-22(26)25(14-16-7-3-2-4-8-16)20-10-6-5-9-19(20)24-21/h2-13H,14,23H2,1H3. The molecule has 0 saturated heterocycles. The van der Waals surface area contributed by atoms with Gasteiger partial charge in [0, 0.05) is 11.3 Å². The average molecular weight is 341 g/mol. The molecule has 0 bridgehead atoms. The van der Waals surface area contributed by atoms with Gasteiger partial charge in [0.15, 0.2) is 0 Å². The van der Waals surface area contributed by atoms with Gasteiger partial charge >= 0.3 is 0 Å². The summed E-state index contributed by atoms with van der Waals surface area (Å²) in [6, 6.07) is 23.3. The molecule has 128 valence electrons. The molecule has 0 amide bonds. The van der Waals surface area contributed by atoms with Crippen LogP contribution in [-0.4, -0.2) is 9.55 Å². The third-order valence-corrected chi connectivity index (χ3v) is 4.50. The van der Waals surface area contributed by atoms with Gasteiger partial charge in [-0.2, -0.15) is 0 Å². The second-order valence-corrected chi connectivity index (χ2v) is 6.42. The van der Waals surface area contributed by atoms with Crippen LogP contribution in [0.2, 0.25) is 0 Å². The summed E-state index contributed by atoms with van der Waals surface area (Å²) in [5.41, 5.74) is 11.3. The van der Waals surface area contributed by atoms with Crippen LogP contribution in [-0.2, 0) is 6.54 Å². The van der Waals surface area contributed by atoms with Crippen LogP contribution in [0.25, 0.3) is 22.3 Å². The topological polar surface area (TPSA) is 60.9 Å². The summed E-state index contributed by atoms with van der Waals surface area (Å²) in [5.74, 6) is 0. The molecule has 26 heavy (non-hydrogen) atoms. The van der Waals surface area contributed by atoms with Crippen molar-refractivity contribution < 1.29 is 0 Å². The molecule has 4 nitrogen and oxygen atoms in total. The summed E-state index contributed by atoms with van der Waals surface area (Å²) >= 11 is 0. The van der Waals surface area contributed by atoms with Crippen molar-refractivity contribution in [3.63, 3.8) is 0 Å². The molecule has 0 fully saturated rings. The van der Waals surface area contributed by atoms with Crippen molar-refractivity contribution in [1.82, 2.24) is 9.55 Å². The minimum Gasteiger partial charge on any atom is -0.398 e. The van der Waals surface area contributed by atoms with Crippen molar-refractivity contribution in [2.75, 3.05) is 5.73 Å². The van der Waals surface area contributed by atoms with Gasteiger partial charge in [0.05, 0.1) is 17.6 Å². The van der Waals surface area contributed by atoms with Crippen molar-refractivity contribution in [2.45, 2.75) is 13.5 Å². The second-order valence-electron chi connectivity index (χ2n) is 6.42. The van der Waals surface area contributed by atoms with Gasteiger partial charge in [-0.1, -0.05) is 54.1 Å². The Morgan fingerprint density at radius 1 is 0.962 bits per heavy atom. The molecule has 0 aliphatic rings. The zero-order valence-electron chi connectivity index (χ0n) is 14.5. The monoisotopic (exact) mass is 341 g/mol. The minimum absolute atomic E-state index is 0.134. The van der Waals surface area contributed by atoms with E-state index < -0.39 is 0 Å². The van der Waals surface area contributed by atoms with Gasteiger partial charge in [0.25, 0.3) is 5.56 Å². The fourth-order valence-corrected chi connectivity index (χ4v) is 3.17. The molecule has 0 radical (unpaired) electrons. The zero-order chi connectivity index (χ0) is 18.1. The third kappa shape index (κ3) is 2.86. The van der Waals surface area contributed by atoms with Crippen molar-refractivity contribution in [3.05, 3.63) is 94.3 Å². The fourth-order valence-electron chi connectivity index (χ4n) is 3.17. The van der Waals surface area contributed by atoms with E-state index in [4.69, 9.17) is 5.73 Å². The summed E-state index contributed by atoms with van der Waals surface area (Å²) in [7, 11) is 0. The van der Waals surface area contributed by atoms with Crippen molar-refractivity contribution in [2.24, 2.45) is 0 Å². The molecule has 1 aromatic heterocycles. The number of hydrogen-bond donors (Lipinski definition) is 1. The number of nitrogens with zero attached hydrogens (tertiary/aromatic N) is 2. The van der Waals surface area contributed by atoms with Crippen LogP contribution >= 0.6 is 0 Å². The summed E-state index contributed by atoms with van der Waals surface area (Å²) < 4.78 is 1.77. The van der Waals surface area contributed by atoms with Gasteiger partial charge in [-0.05, 0) is 36.8 Å². The number of para-hydroxylation sites is 2. The van der Waals surface area contributed by atoms with Crippen LogP contribution in [0, 0.1) is 6.92 Å². The SMILES string of the molecule is Cc1ccc(N)c(-c2nc3ccccc3n(Cc3ccccc3)c2=O)c1. The van der Waals surface area contributed by atoms with Crippen LogP contribution in [0.3, 0.4) is 0 Å².